The smallest absolute Gasteiger partial charge is 0.222 e. The molecule has 0 spiro atoms. The summed E-state index contributed by atoms with van der Waals surface area (Å²) >= 11 is 5.55. The summed E-state index contributed by atoms with van der Waals surface area (Å²) in [6.07, 6.45) is 4.36. The Morgan fingerprint density at radius 1 is 1.50 bits per heavy atom. The van der Waals surface area contributed by atoms with Gasteiger partial charge < -0.3 is 10.1 Å². The van der Waals surface area contributed by atoms with Gasteiger partial charge in [0, 0.05) is 12.5 Å². The maximum Gasteiger partial charge on any atom is 0.222 e. The van der Waals surface area contributed by atoms with Crippen molar-refractivity contribution in [2.75, 3.05) is 19.7 Å². The van der Waals surface area contributed by atoms with E-state index in [2.05, 4.69) is 15.3 Å². The Balaban J connectivity index is 1.82. The average Bonchev–Trinajstić information content (AvgIpc) is 2.70. The molecular weight excluding hydrogens is 202 g/mol. The molecule has 14 heavy (non-hydrogen) atoms. The predicted octanol–water partition coefficient (Wildman–Crippen LogP) is 1.12. The minimum absolute atomic E-state index is 0.250. The van der Waals surface area contributed by atoms with Crippen LogP contribution < -0.4 is 10.1 Å². The Morgan fingerprint density at radius 2 is 2.29 bits per heavy atom. The molecule has 2 heterocycles. The molecule has 1 aliphatic heterocycles. The minimum atomic E-state index is 0.250. The van der Waals surface area contributed by atoms with E-state index in [1.165, 1.54) is 6.42 Å². The van der Waals surface area contributed by atoms with Gasteiger partial charge in [0.05, 0.1) is 19.0 Å². The molecule has 0 bridgehead atoms. The van der Waals surface area contributed by atoms with E-state index in [0.29, 0.717) is 11.7 Å². The Bertz CT molecular complexity index is 285. The van der Waals surface area contributed by atoms with Crippen molar-refractivity contribution in [2.45, 2.75) is 6.42 Å². The van der Waals surface area contributed by atoms with Crippen LogP contribution in [-0.4, -0.2) is 29.7 Å². The molecule has 0 radical (unpaired) electrons. The van der Waals surface area contributed by atoms with Crippen LogP contribution in [0.15, 0.2) is 12.4 Å². The number of hydrogen-bond donors (Lipinski definition) is 1. The summed E-state index contributed by atoms with van der Waals surface area (Å²) in [6.45, 7) is 2.84. The number of halogens is 1. The number of aromatic nitrogens is 2. The van der Waals surface area contributed by atoms with Crippen molar-refractivity contribution in [1.82, 2.24) is 15.3 Å². The summed E-state index contributed by atoms with van der Waals surface area (Å²) in [7, 11) is 0. The van der Waals surface area contributed by atoms with Gasteiger partial charge in [0.25, 0.3) is 0 Å². The first-order valence-corrected chi connectivity index (χ1v) is 5.03. The maximum atomic E-state index is 5.55. The van der Waals surface area contributed by atoms with Gasteiger partial charge in [-0.3, -0.25) is 0 Å². The molecule has 0 saturated carbocycles. The lowest BCUT2D eigenvalue weighted by molar-refractivity contribution is 0.258. The van der Waals surface area contributed by atoms with Crippen LogP contribution in [0.1, 0.15) is 6.42 Å². The highest BCUT2D eigenvalue weighted by Crippen LogP contribution is 2.13. The summed E-state index contributed by atoms with van der Waals surface area (Å²) < 4.78 is 5.52. The zero-order valence-electron chi connectivity index (χ0n) is 7.74. The highest BCUT2D eigenvalue weighted by molar-refractivity contribution is 6.28. The van der Waals surface area contributed by atoms with Gasteiger partial charge in [-0.2, -0.15) is 0 Å². The zero-order valence-corrected chi connectivity index (χ0v) is 8.50. The largest absolute Gasteiger partial charge is 0.490 e. The molecule has 5 heteroatoms. The fraction of sp³-hybridized carbons (Fsp3) is 0.556. The van der Waals surface area contributed by atoms with E-state index in [1.807, 2.05) is 0 Å². The molecule has 1 atom stereocenters. The van der Waals surface area contributed by atoms with E-state index in [1.54, 1.807) is 12.4 Å². The lowest BCUT2D eigenvalue weighted by Gasteiger charge is -2.09. The average molecular weight is 214 g/mol. The lowest BCUT2D eigenvalue weighted by Crippen LogP contribution is -2.15. The SMILES string of the molecule is Clc1ncc(OCC2CCNC2)cn1. The molecule has 1 saturated heterocycles. The van der Waals surface area contributed by atoms with Crippen molar-refractivity contribution in [3.63, 3.8) is 0 Å². The van der Waals surface area contributed by atoms with Crippen LogP contribution in [0.4, 0.5) is 0 Å². The van der Waals surface area contributed by atoms with Crippen LogP contribution in [0.5, 0.6) is 5.75 Å². The van der Waals surface area contributed by atoms with Gasteiger partial charge in [-0.1, -0.05) is 0 Å². The van der Waals surface area contributed by atoms with Crippen molar-refractivity contribution < 1.29 is 4.74 Å². The van der Waals surface area contributed by atoms with E-state index >= 15 is 0 Å². The topological polar surface area (TPSA) is 47.0 Å². The molecule has 0 aromatic carbocycles. The summed E-state index contributed by atoms with van der Waals surface area (Å²) in [4.78, 5) is 7.68. The van der Waals surface area contributed by atoms with Gasteiger partial charge in [-0.15, -0.1) is 0 Å². The third kappa shape index (κ3) is 2.56. The molecule has 1 fully saturated rings. The molecule has 0 aliphatic carbocycles. The van der Waals surface area contributed by atoms with Crippen molar-refractivity contribution in [3.8, 4) is 5.75 Å². The van der Waals surface area contributed by atoms with Crippen LogP contribution >= 0.6 is 11.6 Å². The molecule has 4 nitrogen and oxygen atoms in total. The third-order valence-electron chi connectivity index (χ3n) is 2.24. The van der Waals surface area contributed by atoms with Crippen molar-refractivity contribution >= 4 is 11.6 Å². The van der Waals surface area contributed by atoms with Gasteiger partial charge in [0.15, 0.2) is 5.75 Å². The zero-order chi connectivity index (χ0) is 9.80. The molecule has 0 amide bonds. The van der Waals surface area contributed by atoms with E-state index in [0.717, 1.165) is 19.7 Å². The Kier molecular flexibility index (Phi) is 3.16. The van der Waals surface area contributed by atoms with Crippen LogP contribution in [0.2, 0.25) is 5.28 Å². The molecule has 1 aromatic rings. The molecule has 1 unspecified atom stereocenters. The highest BCUT2D eigenvalue weighted by Gasteiger charge is 2.14. The quantitative estimate of drug-likeness (QED) is 0.765. The minimum Gasteiger partial charge on any atom is -0.490 e. The molecule has 1 N–H and O–H groups in total. The summed E-state index contributed by atoms with van der Waals surface area (Å²) in [5, 5.41) is 3.54. The number of ether oxygens (including phenoxy) is 1. The first-order chi connectivity index (χ1) is 6.84. The molecule has 2 rings (SSSR count). The first kappa shape index (κ1) is 9.68. The summed E-state index contributed by atoms with van der Waals surface area (Å²) in [5.41, 5.74) is 0. The van der Waals surface area contributed by atoms with E-state index in [9.17, 15) is 0 Å². The summed E-state index contributed by atoms with van der Waals surface area (Å²) in [6, 6.07) is 0. The van der Waals surface area contributed by atoms with Crippen LogP contribution in [0, 0.1) is 5.92 Å². The van der Waals surface area contributed by atoms with Crippen molar-refractivity contribution in [3.05, 3.63) is 17.7 Å². The Hall–Kier alpha value is -0.870. The second kappa shape index (κ2) is 4.57. The maximum absolute atomic E-state index is 5.55. The molecule has 1 aliphatic rings. The molecular formula is C9H12ClN3O. The number of nitrogens with zero attached hydrogens (tertiary/aromatic N) is 2. The Labute approximate surface area is 87.7 Å². The van der Waals surface area contributed by atoms with Gasteiger partial charge in [0.1, 0.15) is 0 Å². The number of rotatable bonds is 3. The normalized spacial score (nSPS) is 21.1. The lowest BCUT2D eigenvalue weighted by atomic mass is 10.1. The van der Waals surface area contributed by atoms with Gasteiger partial charge in [-0.05, 0) is 24.6 Å². The van der Waals surface area contributed by atoms with E-state index < -0.39 is 0 Å². The molecule has 76 valence electrons. The third-order valence-corrected chi connectivity index (χ3v) is 2.44. The van der Waals surface area contributed by atoms with Gasteiger partial charge >= 0.3 is 0 Å². The van der Waals surface area contributed by atoms with Crippen molar-refractivity contribution in [2.24, 2.45) is 5.92 Å². The van der Waals surface area contributed by atoms with Crippen molar-refractivity contribution in [1.29, 1.82) is 0 Å². The number of hydrogen-bond acceptors (Lipinski definition) is 4. The Morgan fingerprint density at radius 3 is 2.93 bits per heavy atom. The van der Waals surface area contributed by atoms with Crippen LogP contribution in [0.25, 0.3) is 0 Å². The monoisotopic (exact) mass is 213 g/mol. The highest BCUT2D eigenvalue weighted by atomic mass is 35.5. The second-order valence-electron chi connectivity index (χ2n) is 3.36. The van der Waals surface area contributed by atoms with Gasteiger partial charge in [-0.25, -0.2) is 9.97 Å². The summed E-state index contributed by atoms with van der Waals surface area (Å²) in [5.74, 6) is 1.28. The number of nitrogens with one attached hydrogen (secondary N) is 1. The molecule has 1 aromatic heterocycles. The first-order valence-electron chi connectivity index (χ1n) is 4.65. The van der Waals surface area contributed by atoms with E-state index in [4.69, 9.17) is 16.3 Å². The van der Waals surface area contributed by atoms with E-state index in [-0.39, 0.29) is 5.28 Å². The van der Waals surface area contributed by atoms with Gasteiger partial charge in [0.2, 0.25) is 5.28 Å². The standard InChI is InChI=1S/C9H12ClN3O/c10-9-12-4-8(5-13-9)14-6-7-1-2-11-3-7/h4-5,7,11H,1-3,6H2. The fourth-order valence-corrected chi connectivity index (χ4v) is 1.54. The second-order valence-corrected chi connectivity index (χ2v) is 3.70. The van der Waals surface area contributed by atoms with Crippen LogP contribution in [0.3, 0.4) is 0 Å². The van der Waals surface area contributed by atoms with Crippen LogP contribution in [-0.2, 0) is 0 Å². The fourth-order valence-electron chi connectivity index (χ4n) is 1.45. The predicted molar refractivity (Wildman–Crippen MR) is 53.5 cm³/mol.